The van der Waals surface area contributed by atoms with E-state index in [2.05, 4.69) is 20.9 Å². The molecular weight excluding hydrogens is 310 g/mol. The molecule has 3 nitrogen and oxygen atoms in total. The van der Waals surface area contributed by atoms with Crippen molar-refractivity contribution in [3.05, 3.63) is 62.0 Å². The first-order valence-corrected chi connectivity index (χ1v) is 5.90. The van der Waals surface area contributed by atoms with Crippen LogP contribution in [0.15, 0.2) is 39.9 Å². The lowest BCUT2D eigenvalue weighted by atomic mass is 10.2. The number of benzene rings is 1. The first-order valence-electron chi connectivity index (χ1n) is 4.73. The van der Waals surface area contributed by atoms with Crippen molar-refractivity contribution in [1.82, 2.24) is 9.55 Å². The molecule has 0 spiro atoms. The number of nitrogens with zero attached hydrogens (tertiary/aromatic N) is 2. The summed E-state index contributed by atoms with van der Waals surface area (Å²) in [5.74, 6) is -0.339. The minimum absolute atomic E-state index is 0.0753. The maximum Gasteiger partial charge on any atom is 0.288 e. The molecule has 0 N–H and O–H groups in total. The molecule has 0 saturated carbocycles. The van der Waals surface area contributed by atoms with Crippen molar-refractivity contribution in [3.63, 3.8) is 0 Å². The van der Waals surface area contributed by atoms with Gasteiger partial charge in [0, 0.05) is 12.4 Å². The second kappa shape index (κ2) is 4.98. The SMILES string of the molecule is O=c1c(Cl)nccn1Cc1ccc(F)c(Br)c1. The van der Waals surface area contributed by atoms with Crippen molar-refractivity contribution in [2.45, 2.75) is 6.54 Å². The van der Waals surface area contributed by atoms with Crippen LogP contribution in [0.4, 0.5) is 4.39 Å². The molecule has 1 aromatic heterocycles. The van der Waals surface area contributed by atoms with Crippen molar-refractivity contribution >= 4 is 27.5 Å². The van der Waals surface area contributed by atoms with Crippen molar-refractivity contribution < 1.29 is 4.39 Å². The minimum Gasteiger partial charge on any atom is -0.307 e. The van der Waals surface area contributed by atoms with E-state index in [-0.39, 0.29) is 16.5 Å². The Labute approximate surface area is 110 Å². The number of hydrogen-bond acceptors (Lipinski definition) is 2. The van der Waals surface area contributed by atoms with E-state index in [1.807, 2.05) is 0 Å². The molecule has 0 aliphatic rings. The van der Waals surface area contributed by atoms with Crippen molar-refractivity contribution in [3.8, 4) is 0 Å². The highest BCUT2D eigenvalue weighted by Crippen LogP contribution is 2.17. The minimum atomic E-state index is -0.366. The zero-order valence-corrected chi connectivity index (χ0v) is 10.9. The summed E-state index contributed by atoms with van der Waals surface area (Å²) in [6.07, 6.45) is 2.98. The summed E-state index contributed by atoms with van der Waals surface area (Å²) >= 11 is 8.71. The molecule has 17 heavy (non-hydrogen) atoms. The smallest absolute Gasteiger partial charge is 0.288 e. The molecule has 2 aromatic rings. The van der Waals surface area contributed by atoms with E-state index in [4.69, 9.17) is 11.6 Å². The molecule has 1 heterocycles. The molecule has 0 aliphatic heterocycles. The van der Waals surface area contributed by atoms with Crippen LogP contribution < -0.4 is 5.56 Å². The van der Waals surface area contributed by atoms with E-state index in [1.54, 1.807) is 12.1 Å². The zero-order valence-electron chi connectivity index (χ0n) is 8.53. The van der Waals surface area contributed by atoms with Crippen LogP contribution in [-0.2, 0) is 6.54 Å². The predicted molar refractivity (Wildman–Crippen MR) is 66.7 cm³/mol. The van der Waals surface area contributed by atoms with Crippen molar-refractivity contribution in [2.24, 2.45) is 0 Å². The van der Waals surface area contributed by atoms with Crippen LogP contribution in [0.3, 0.4) is 0 Å². The monoisotopic (exact) mass is 316 g/mol. The van der Waals surface area contributed by atoms with E-state index in [1.165, 1.54) is 23.0 Å². The predicted octanol–water partition coefficient (Wildman–Crippen LogP) is 2.85. The summed E-state index contributed by atoms with van der Waals surface area (Å²) in [4.78, 5) is 15.3. The lowest BCUT2D eigenvalue weighted by molar-refractivity contribution is 0.619. The Morgan fingerprint density at radius 2 is 2.24 bits per heavy atom. The van der Waals surface area contributed by atoms with Gasteiger partial charge in [-0.3, -0.25) is 4.79 Å². The average molecular weight is 318 g/mol. The normalized spacial score (nSPS) is 10.5. The van der Waals surface area contributed by atoms with Crippen LogP contribution in [0, 0.1) is 5.82 Å². The van der Waals surface area contributed by atoms with Gasteiger partial charge in [0.1, 0.15) is 5.82 Å². The van der Waals surface area contributed by atoms with Gasteiger partial charge in [0.15, 0.2) is 5.15 Å². The van der Waals surface area contributed by atoms with E-state index in [9.17, 15) is 9.18 Å². The second-order valence-corrected chi connectivity index (χ2v) is 4.61. The molecule has 88 valence electrons. The van der Waals surface area contributed by atoms with Crippen LogP contribution in [-0.4, -0.2) is 9.55 Å². The highest BCUT2D eigenvalue weighted by molar-refractivity contribution is 9.10. The molecule has 0 amide bonds. The Morgan fingerprint density at radius 3 is 2.94 bits per heavy atom. The third kappa shape index (κ3) is 2.73. The molecule has 0 fully saturated rings. The summed E-state index contributed by atoms with van der Waals surface area (Å²) in [5, 5.41) is -0.0753. The fourth-order valence-electron chi connectivity index (χ4n) is 1.38. The van der Waals surface area contributed by atoms with Gasteiger partial charge in [-0.2, -0.15) is 0 Å². The topological polar surface area (TPSA) is 34.9 Å². The number of rotatable bonds is 2. The van der Waals surface area contributed by atoms with Crippen LogP contribution in [0.1, 0.15) is 5.56 Å². The summed E-state index contributed by atoms with van der Waals surface area (Å²) < 4.78 is 14.8. The highest BCUT2D eigenvalue weighted by atomic mass is 79.9. The van der Waals surface area contributed by atoms with Gasteiger partial charge in [0.2, 0.25) is 0 Å². The Kier molecular flexibility index (Phi) is 3.59. The molecule has 0 radical (unpaired) electrons. The van der Waals surface area contributed by atoms with Gasteiger partial charge in [0.25, 0.3) is 5.56 Å². The molecule has 2 rings (SSSR count). The first kappa shape index (κ1) is 12.3. The molecule has 0 bridgehead atoms. The number of halogens is 3. The Hall–Kier alpha value is -1.20. The van der Waals surface area contributed by atoms with E-state index in [0.717, 1.165) is 5.56 Å². The number of aromatic nitrogens is 2. The second-order valence-electron chi connectivity index (χ2n) is 3.40. The fraction of sp³-hybridized carbons (Fsp3) is 0.0909. The summed E-state index contributed by atoms with van der Waals surface area (Å²) in [6.45, 7) is 0.319. The molecule has 0 atom stereocenters. The molecule has 6 heteroatoms. The Bertz CT molecular complexity index is 615. The van der Waals surface area contributed by atoms with Gasteiger partial charge in [-0.15, -0.1) is 0 Å². The average Bonchev–Trinajstić information content (AvgIpc) is 2.30. The van der Waals surface area contributed by atoms with Crippen LogP contribution in [0.25, 0.3) is 0 Å². The van der Waals surface area contributed by atoms with Gasteiger partial charge in [-0.1, -0.05) is 17.7 Å². The van der Waals surface area contributed by atoms with E-state index in [0.29, 0.717) is 11.0 Å². The van der Waals surface area contributed by atoms with Gasteiger partial charge >= 0.3 is 0 Å². The number of hydrogen-bond donors (Lipinski definition) is 0. The third-order valence-electron chi connectivity index (χ3n) is 2.21. The molecular formula is C11H7BrClFN2O. The molecule has 0 unspecified atom stereocenters. The lowest BCUT2D eigenvalue weighted by Crippen LogP contribution is -2.21. The van der Waals surface area contributed by atoms with Gasteiger partial charge < -0.3 is 4.57 Å². The third-order valence-corrected chi connectivity index (χ3v) is 3.08. The fourth-order valence-corrected chi connectivity index (χ4v) is 1.97. The summed E-state index contributed by atoms with van der Waals surface area (Å²) in [6, 6.07) is 4.57. The van der Waals surface area contributed by atoms with Crippen LogP contribution >= 0.6 is 27.5 Å². The van der Waals surface area contributed by atoms with E-state index < -0.39 is 0 Å². The standard InChI is InChI=1S/C11H7BrClFN2O/c12-8-5-7(1-2-9(8)14)6-16-4-3-15-10(13)11(16)17/h1-5H,6H2. The van der Waals surface area contributed by atoms with Crippen molar-refractivity contribution in [2.75, 3.05) is 0 Å². The maximum atomic E-state index is 13.0. The van der Waals surface area contributed by atoms with Gasteiger partial charge in [-0.25, -0.2) is 9.37 Å². The molecule has 0 saturated heterocycles. The first-order chi connectivity index (χ1) is 8.08. The van der Waals surface area contributed by atoms with Gasteiger partial charge in [-0.05, 0) is 33.6 Å². The highest BCUT2D eigenvalue weighted by Gasteiger charge is 2.04. The summed E-state index contributed by atoms with van der Waals surface area (Å²) in [7, 11) is 0. The zero-order chi connectivity index (χ0) is 12.4. The van der Waals surface area contributed by atoms with E-state index >= 15 is 0 Å². The lowest BCUT2D eigenvalue weighted by Gasteiger charge is -2.06. The van der Waals surface area contributed by atoms with Gasteiger partial charge in [0.05, 0.1) is 11.0 Å². The summed E-state index contributed by atoms with van der Waals surface area (Å²) in [5.41, 5.74) is 0.428. The van der Waals surface area contributed by atoms with Crippen LogP contribution in [0.5, 0.6) is 0 Å². The molecule has 0 aliphatic carbocycles. The Morgan fingerprint density at radius 1 is 1.47 bits per heavy atom. The Balaban J connectivity index is 2.35. The maximum absolute atomic E-state index is 13.0. The quantitative estimate of drug-likeness (QED) is 0.853. The molecule has 1 aromatic carbocycles. The van der Waals surface area contributed by atoms with Crippen molar-refractivity contribution in [1.29, 1.82) is 0 Å². The van der Waals surface area contributed by atoms with Crippen LogP contribution in [0.2, 0.25) is 5.15 Å². The largest absolute Gasteiger partial charge is 0.307 e.